The quantitative estimate of drug-likeness (QED) is 0.812. The number of benzodiazepines with no additional fused rings is 1. The van der Waals surface area contributed by atoms with Gasteiger partial charge in [0, 0.05) is 23.1 Å². The first-order chi connectivity index (χ1) is 10.6. The van der Waals surface area contributed by atoms with Crippen molar-refractivity contribution in [3.63, 3.8) is 0 Å². The molecule has 0 saturated heterocycles. The Balaban J connectivity index is 2.25. The molecule has 0 N–H and O–H groups in total. The van der Waals surface area contributed by atoms with Gasteiger partial charge in [0.05, 0.1) is 11.4 Å². The Morgan fingerprint density at radius 3 is 2.59 bits per heavy atom. The van der Waals surface area contributed by atoms with Crippen LogP contribution in [0.4, 0.5) is 5.69 Å². The highest BCUT2D eigenvalue weighted by atomic mass is 35.5. The molecule has 2 amide bonds. The molecule has 0 radical (unpaired) electrons. The standard InChI is InChI=1S/C17H13ClN2O2/c1-11(21)20-15-8-7-13(18)9-14(15)17(19-10-16(20)22)12-5-3-2-4-6-12/h2-9H,10H2,1H3. The molecule has 0 bridgehead atoms. The van der Waals surface area contributed by atoms with E-state index in [1.54, 1.807) is 18.2 Å². The topological polar surface area (TPSA) is 49.7 Å². The lowest BCUT2D eigenvalue weighted by Crippen LogP contribution is -2.36. The second kappa shape index (κ2) is 5.73. The number of hydrogen-bond donors (Lipinski definition) is 0. The van der Waals surface area contributed by atoms with Crippen LogP contribution in [0.2, 0.25) is 5.02 Å². The summed E-state index contributed by atoms with van der Waals surface area (Å²) < 4.78 is 0. The molecule has 0 aromatic heterocycles. The van der Waals surface area contributed by atoms with Crippen LogP contribution < -0.4 is 4.90 Å². The number of hydrogen-bond acceptors (Lipinski definition) is 3. The number of carbonyl (C=O) groups excluding carboxylic acids is 2. The third kappa shape index (κ3) is 2.53. The van der Waals surface area contributed by atoms with Crippen LogP contribution in [0.5, 0.6) is 0 Å². The molecule has 0 saturated carbocycles. The highest BCUT2D eigenvalue weighted by molar-refractivity contribution is 6.32. The van der Waals surface area contributed by atoms with E-state index in [1.807, 2.05) is 30.3 Å². The summed E-state index contributed by atoms with van der Waals surface area (Å²) in [4.78, 5) is 29.7. The molecule has 0 unspecified atom stereocenters. The third-order valence-electron chi connectivity index (χ3n) is 3.44. The van der Waals surface area contributed by atoms with Crippen LogP contribution >= 0.6 is 11.6 Å². The van der Waals surface area contributed by atoms with Crippen molar-refractivity contribution in [2.45, 2.75) is 6.92 Å². The Bertz CT molecular complexity index is 785. The summed E-state index contributed by atoms with van der Waals surface area (Å²) in [5, 5.41) is 0.528. The second-order valence-corrected chi connectivity index (χ2v) is 5.38. The van der Waals surface area contributed by atoms with Gasteiger partial charge in [0.25, 0.3) is 5.91 Å². The molecule has 22 heavy (non-hydrogen) atoms. The Hall–Kier alpha value is -2.46. The first-order valence-electron chi connectivity index (χ1n) is 6.81. The molecule has 1 heterocycles. The van der Waals surface area contributed by atoms with Crippen LogP contribution in [0.25, 0.3) is 0 Å². The lowest BCUT2D eigenvalue weighted by atomic mass is 10.00. The van der Waals surface area contributed by atoms with E-state index in [4.69, 9.17) is 11.6 Å². The summed E-state index contributed by atoms with van der Waals surface area (Å²) in [6, 6.07) is 14.6. The van der Waals surface area contributed by atoms with Gasteiger partial charge < -0.3 is 0 Å². The molecule has 0 atom stereocenters. The van der Waals surface area contributed by atoms with Crippen LogP contribution in [0, 0.1) is 0 Å². The van der Waals surface area contributed by atoms with Gasteiger partial charge in [-0.05, 0) is 18.2 Å². The highest BCUT2D eigenvalue weighted by Gasteiger charge is 2.27. The molecule has 5 heteroatoms. The minimum atomic E-state index is -0.345. The van der Waals surface area contributed by atoms with Crippen LogP contribution in [0.3, 0.4) is 0 Å². The molecule has 2 aromatic rings. The van der Waals surface area contributed by atoms with Crippen molar-refractivity contribution in [2.75, 3.05) is 11.4 Å². The molecular formula is C17H13ClN2O2. The number of anilines is 1. The first kappa shape index (κ1) is 14.5. The summed E-state index contributed by atoms with van der Waals surface area (Å²) in [5.74, 6) is -0.680. The lowest BCUT2D eigenvalue weighted by molar-refractivity contribution is -0.124. The summed E-state index contributed by atoms with van der Waals surface area (Å²) in [5.41, 5.74) is 2.74. The zero-order valence-corrected chi connectivity index (χ0v) is 12.7. The fourth-order valence-electron chi connectivity index (χ4n) is 2.52. The van der Waals surface area contributed by atoms with E-state index in [2.05, 4.69) is 4.99 Å². The van der Waals surface area contributed by atoms with Crippen molar-refractivity contribution in [2.24, 2.45) is 4.99 Å². The number of fused-ring (bicyclic) bond motifs is 1. The second-order valence-electron chi connectivity index (χ2n) is 4.94. The predicted molar refractivity (Wildman–Crippen MR) is 86.6 cm³/mol. The smallest absolute Gasteiger partial charge is 0.255 e. The average Bonchev–Trinajstić information content (AvgIpc) is 2.64. The van der Waals surface area contributed by atoms with Gasteiger partial charge in [0.15, 0.2) is 0 Å². The van der Waals surface area contributed by atoms with Gasteiger partial charge in [-0.25, -0.2) is 4.90 Å². The first-order valence-corrected chi connectivity index (χ1v) is 7.19. The molecule has 0 fully saturated rings. The maximum Gasteiger partial charge on any atom is 0.255 e. The fraction of sp³-hybridized carbons (Fsp3) is 0.118. The van der Waals surface area contributed by atoms with E-state index >= 15 is 0 Å². The minimum Gasteiger partial charge on any atom is -0.274 e. The molecule has 1 aliphatic rings. The fourth-order valence-corrected chi connectivity index (χ4v) is 2.69. The van der Waals surface area contributed by atoms with Crippen LogP contribution in [0.15, 0.2) is 53.5 Å². The Morgan fingerprint density at radius 2 is 1.91 bits per heavy atom. The number of halogens is 1. The van der Waals surface area contributed by atoms with Gasteiger partial charge in [-0.1, -0.05) is 41.9 Å². The van der Waals surface area contributed by atoms with Crippen molar-refractivity contribution >= 4 is 34.8 Å². The lowest BCUT2D eigenvalue weighted by Gasteiger charge is -2.19. The summed E-state index contributed by atoms with van der Waals surface area (Å²) in [7, 11) is 0. The van der Waals surface area contributed by atoms with E-state index in [0.717, 1.165) is 10.5 Å². The largest absolute Gasteiger partial charge is 0.274 e. The summed E-state index contributed by atoms with van der Waals surface area (Å²) in [6.07, 6.45) is 0. The van der Waals surface area contributed by atoms with Crippen molar-refractivity contribution in [1.82, 2.24) is 0 Å². The molecule has 2 aromatic carbocycles. The normalized spacial score (nSPS) is 14.2. The summed E-state index contributed by atoms with van der Waals surface area (Å²) >= 11 is 6.10. The Labute approximate surface area is 133 Å². The zero-order valence-electron chi connectivity index (χ0n) is 11.9. The van der Waals surface area contributed by atoms with Gasteiger partial charge in [-0.3, -0.25) is 14.6 Å². The third-order valence-corrected chi connectivity index (χ3v) is 3.67. The number of nitrogens with zero attached hydrogens (tertiary/aromatic N) is 2. The molecule has 1 aliphatic heterocycles. The molecule has 3 rings (SSSR count). The molecule has 0 spiro atoms. The highest BCUT2D eigenvalue weighted by Crippen LogP contribution is 2.29. The number of benzene rings is 2. The molecule has 110 valence electrons. The van der Waals surface area contributed by atoms with E-state index in [0.29, 0.717) is 22.0 Å². The van der Waals surface area contributed by atoms with Gasteiger partial charge in [-0.15, -0.1) is 0 Å². The predicted octanol–water partition coefficient (Wildman–Crippen LogP) is 3.07. The zero-order chi connectivity index (χ0) is 15.7. The van der Waals surface area contributed by atoms with Crippen LogP contribution in [-0.4, -0.2) is 24.1 Å². The van der Waals surface area contributed by atoms with Crippen molar-refractivity contribution < 1.29 is 9.59 Å². The monoisotopic (exact) mass is 312 g/mol. The minimum absolute atomic E-state index is 0.0733. The number of aliphatic imine (C=N–C) groups is 1. The number of carbonyl (C=O) groups is 2. The Morgan fingerprint density at radius 1 is 1.18 bits per heavy atom. The summed E-state index contributed by atoms with van der Waals surface area (Å²) in [6.45, 7) is 1.29. The molecule has 4 nitrogen and oxygen atoms in total. The number of imide groups is 1. The van der Waals surface area contributed by atoms with Crippen molar-refractivity contribution in [3.05, 3.63) is 64.7 Å². The maximum absolute atomic E-state index is 12.2. The maximum atomic E-state index is 12.2. The van der Waals surface area contributed by atoms with Gasteiger partial charge >= 0.3 is 0 Å². The van der Waals surface area contributed by atoms with E-state index < -0.39 is 0 Å². The van der Waals surface area contributed by atoms with E-state index in [-0.39, 0.29) is 18.4 Å². The van der Waals surface area contributed by atoms with Gasteiger partial charge in [-0.2, -0.15) is 0 Å². The van der Waals surface area contributed by atoms with Gasteiger partial charge in [0.1, 0.15) is 6.54 Å². The van der Waals surface area contributed by atoms with Crippen molar-refractivity contribution in [1.29, 1.82) is 0 Å². The van der Waals surface area contributed by atoms with Crippen LogP contribution in [0.1, 0.15) is 18.1 Å². The molecule has 0 aliphatic carbocycles. The Kier molecular flexibility index (Phi) is 3.77. The molecular weight excluding hydrogens is 300 g/mol. The van der Waals surface area contributed by atoms with Crippen LogP contribution in [-0.2, 0) is 9.59 Å². The van der Waals surface area contributed by atoms with Gasteiger partial charge in [0.2, 0.25) is 5.91 Å². The average molecular weight is 313 g/mol. The van der Waals surface area contributed by atoms with Crippen molar-refractivity contribution in [3.8, 4) is 0 Å². The van der Waals surface area contributed by atoms with E-state index in [1.165, 1.54) is 6.92 Å². The number of rotatable bonds is 1. The SMILES string of the molecule is CC(=O)N1C(=O)CN=C(c2ccccc2)c2cc(Cl)ccc21. The van der Waals surface area contributed by atoms with E-state index in [9.17, 15) is 9.59 Å². The number of amides is 2.